The topological polar surface area (TPSA) is 96.4 Å². The minimum atomic E-state index is -0.792. The van der Waals surface area contributed by atoms with Crippen LogP contribution in [0.4, 0.5) is 5.69 Å². The predicted octanol–water partition coefficient (Wildman–Crippen LogP) is 5.01. The average Bonchev–Trinajstić information content (AvgIpc) is 3.21. The number of aliphatic hydroxyl groups excluding tert-OH is 1. The van der Waals surface area contributed by atoms with Crippen molar-refractivity contribution in [1.82, 2.24) is 4.90 Å². The molecule has 1 saturated heterocycles. The van der Waals surface area contributed by atoms with E-state index in [0.717, 1.165) is 28.8 Å². The molecule has 8 heteroatoms. The van der Waals surface area contributed by atoms with E-state index in [0.29, 0.717) is 36.6 Å². The number of rotatable bonds is 7. The summed E-state index contributed by atoms with van der Waals surface area (Å²) in [5.41, 5.74) is 4.10. The highest BCUT2D eigenvalue weighted by Crippen LogP contribution is 2.42. The molecule has 2 aliphatic heterocycles. The molecule has 1 amide bonds. The zero-order chi connectivity index (χ0) is 28.4. The molecule has 1 unspecified atom stereocenters. The van der Waals surface area contributed by atoms with Gasteiger partial charge in [0.25, 0.3) is 11.7 Å². The average molecular weight is 541 g/mol. The Balaban J connectivity index is 1.54. The molecule has 0 radical (unpaired) electrons. The van der Waals surface area contributed by atoms with Gasteiger partial charge in [-0.15, -0.1) is 0 Å². The lowest BCUT2D eigenvalue weighted by Gasteiger charge is -2.28. The van der Waals surface area contributed by atoms with Crippen LogP contribution in [0.5, 0.6) is 5.75 Å². The van der Waals surface area contributed by atoms with E-state index in [1.54, 1.807) is 42.5 Å². The molecule has 3 aromatic rings. The number of aliphatic hydroxyl groups is 1. The lowest BCUT2D eigenvalue weighted by atomic mass is 9.94. The normalized spacial score (nSPS) is 17.9. The number of likely N-dealkylation sites (tertiary alicyclic amines) is 1. The van der Waals surface area contributed by atoms with Gasteiger partial charge in [0.1, 0.15) is 18.1 Å². The zero-order valence-corrected chi connectivity index (χ0v) is 22.8. The number of benzene rings is 3. The van der Waals surface area contributed by atoms with Crippen LogP contribution >= 0.6 is 0 Å². The number of carbonyl (C=O) groups is 3. The smallest absolute Gasteiger partial charge is 0.338 e. The van der Waals surface area contributed by atoms with E-state index >= 15 is 0 Å². The fourth-order valence-corrected chi connectivity index (χ4v) is 5.10. The predicted molar refractivity (Wildman–Crippen MR) is 151 cm³/mol. The number of aryl methyl sites for hydroxylation is 1. The van der Waals surface area contributed by atoms with E-state index in [-0.39, 0.29) is 17.9 Å². The number of carbonyl (C=O) groups excluding carboxylic acids is 3. The van der Waals surface area contributed by atoms with Gasteiger partial charge < -0.3 is 24.4 Å². The van der Waals surface area contributed by atoms with Crippen LogP contribution < -0.4 is 9.64 Å². The van der Waals surface area contributed by atoms with E-state index in [4.69, 9.17) is 9.47 Å². The number of hydrogen-bond acceptors (Lipinski definition) is 7. The number of likely N-dealkylation sites (N-methyl/N-ethyl adjacent to an activating group) is 1. The van der Waals surface area contributed by atoms with E-state index in [2.05, 4.69) is 0 Å². The number of ketones is 1. The van der Waals surface area contributed by atoms with Crippen LogP contribution in [-0.4, -0.2) is 54.5 Å². The van der Waals surface area contributed by atoms with Crippen LogP contribution in [0, 0.1) is 6.92 Å². The summed E-state index contributed by atoms with van der Waals surface area (Å²) in [6.45, 7) is 5.58. The van der Waals surface area contributed by atoms with Crippen molar-refractivity contribution in [3.63, 3.8) is 0 Å². The van der Waals surface area contributed by atoms with Crippen molar-refractivity contribution < 1.29 is 29.0 Å². The molecule has 40 heavy (non-hydrogen) atoms. The van der Waals surface area contributed by atoms with Gasteiger partial charge in [-0.25, -0.2) is 4.79 Å². The van der Waals surface area contributed by atoms with E-state index in [1.807, 2.05) is 50.1 Å². The summed E-state index contributed by atoms with van der Waals surface area (Å²) in [5, 5.41) is 11.5. The molecule has 5 rings (SSSR count). The van der Waals surface area contributed by atoms with Crippen molar-refractivity contribution in [1.29, 1.82) is 0 Å². The third-order valence-corrected chi connectivity index (χ3v) is 7.21. The highest BCUT2D eigenvalue weighted by Gasteiger charge is 2.46. The van der Waals surface area contributed by atoms with Crippen molar-refractivity contribution in [2.75, 3.05) is 31.7 Å². The van der Waals surface area contributed by atoms with Crippen molar-refractivity contribution in [2.24, 2.45) is 0 Å². The minimum absolute atomic E-state index is 0.0368. The second kappa shape index (κ2) is 11.3. The molecule has 1 atom stereocenters. The zero-order valence-electron chi connectivity index (χ0n) is 22.8. The number of amides is 1. The molecule has 0 saturated carbocycles. The highest BCUT2D eigenvalue weighted by molar-refractivity contribution is 6.46. The monoisotopic (exact) mass is 540 g/mol. The fraction of sp³-hybridized carbons (Fsp3) is 0.281. The number of hydrogen-bond donors (Lipinski definition) is 1. The number of fused-ring (bicyclic) bond motifs is 1. The third-order valence-electron chi connectivity index (χ3n) is 7.21. The fourth-order valence-electron chi connectivity index (χ4n) is 5.10. The largest absolute Gasteiger partial charge is 0.507 e. The molecule has 0 spiro atoms. The number of esters is 1. The standard InChI is InChI=1S/C32H32N2O6/c1-4-15-40-32(38)22-10-8-21(9-11-22)19-34-28(23-7-5-6-20(2)17-23)27(30(36)31(34)37)29(35)24-12-13-26-25(18-24)33(3)14-16-39-26/h5-13,17-18,28,35H,4,14-16,19H2,1-3H3/b29-27-. The van der Waals surface area contributed by atoms with Crippen molar-refractivity contribution in [3.8, 4) is 5.75 Å². The molecule has 0 bridgehead atoms. The van der Waals surface area contributed by atoms with Crippen LogP contribution in [-0.2, 0) is 20.9 Å². The van der Waals surface area contributed by atoms with Crippen molar-refractivity contribution >= 4 is 29.1 Å². The Kier molecular flexibility index (Phi) is 7.60. The van der Waals surface area contributed by atoms with Gasteiger partial charge >= 0.3 is 5.97 Å². The minimum Gasteiger partial charge on any atom is -0.507 e. The summed E-state index contributed by atoms with van der Waals surface area (Å²) in [4.78, 5) is 42.6. The number of ether oxygens (including phenoxy) is 2. The summed E-state index contributed by atoms with van der Waals surface area (Å²) >= 11 is 0. The maximum absolute atomic E-state index is 13.5. The first-order chi connectivity index (χ1) is 19.3. The Bertz CT molecular complexity index is 1490. The molecule has 2 heterocycles. The van der Waals surface area contributed by atoms with Gasteiger partial charge in [-0.3, -0.25) is 9.59 Å². The van der Waals surface area contributed by atoms with Gasteiger partial charge in [-0.05, 0) is 54.8 Å². The van der Waals surface area contributed by atoms with Gasteiger partial charge in [0.2, 0.25) is 0 Å². The number of nitrogens with zero attached hydrogens (tertiary/aromatic N) is 2. The lowest BCUT2D eigenvalue weighted by molar-refractivity contribution is -0.140. The molecule has 8 nitrogen and oxygen atoms in total. The van der Waals surface area contributed by atoms with Gasteiger partial charge in [0.15, 0.2) is 0 Å². The summed E-state index contributed by atoms with van der Waals surface area (Å²) < 4.78 is 10.9. The summed E-state index contributed by atoms with van der Waals surface area (Å²) in [6.07, 6.45) is 0.730. The van der Waals surface area contributed by atoms with Crippen LogP contribution in [0.2, 0.25) is 0 Å². The van der Waals surface area contributed by atoms with E-state index in [1.165, 1.54) is 4.90 Å². The molecule has 0 aliphatic carbocycles. The van der Waals surface area contributed by atoms with Gasteiger partial charge in [0.05, 0.1) is 36.0 Å². The molecule has 1 N–H and O–H groups in total. The SMILES string of the molecule is CCCOC(=O)c1ccc(CN2C(=O)C(=O)/C(=C(\O)c3ccc4c(c3)N(C)CCO4)C2c2cccc(C)c2)cc1. The summed E-state index contributed by atoms with van der Waals surface area (Å²) in [6, 6.07) is 18.8. The Labute approximate surface area is 233 Å². The van der Waals surface area contributed by atoms with E-state index < -0.39 is 23.7 Å². The molecule has 206 valence electrons. The lowest BCUT2D eigenvalue weighted by Crippen LogP contribution is -2.29. The molecule has 3 aromatic carbocycles. The maximum Gasteiger partial charge on any atom is 0.338 e. The third kappa shape index (κ3) is 5.17. The number of anilines is 1. The second-order valence-corrected chi connectivity index (χ2v) is 10.1. The van der Waals surface area contributed by atoms with Gasteiger partial charge in [-0.1, -0.05) is 48.9 Å². The van der Waals surface area contributed by atoms with Crippen molar-refractivity contribution in [2.45, 2.75) is 32.9 Å². The van der Waals surface area contributed by atoms with Crippen LogP contribution in [0.3, 0.4) is 0 Å². The van der Waals surface area contributed by atoms with Crippen LogP contribution in [0.1, 0.15) is 52.0 Å². The first kappa shape index (κ1) is 27.0. The first-order valence-electron chi connectivity index (χ1n) is 13.4. The Hall–Kier alpha value is -4.59. The van der Waals surface area contributed by atoms with Gasteiger partial charge in [0, 0.05) is 19.2 Å². The second-order valence-electron chi connectivity index (χ2n) is 10.1. The van der Waals surface area contributed by atoms with Gasteiger partial charge in [-0.2, -0.15) is 0 Å². The first-order valence-corrected chi connectivity index (χ1v) is 13.4. The number of Topliss-reactive ketones (excluding diaryl/α,β-unsaturated/α-hetero) is 1. The maximum atomic E-state index is 13.5. The highest BCUT2D eigenvalue weighted by atomic mass is 16.5. The molecule has 2 aliphatic rings. The Morgan fingerprint density at radius 1 is 1.05 bits per heavy atom. The summed E-state index contributed by atoms with van der Waals surface area (Å²) in [5.74, 6) is -1.38. The van der Waals surface area contributed by atoms with Crippen LogP contribution in [0.25, 0.3) is 5.76 Å². The molecule has 0 aromatic heterocycles. The van der Waals surface area contributed by atoms with Crippen molar-refractivity contribution in [3.05, 3.63) is 100 Å². The Morgan fingerprint density at radius 3 is 2.52 bits per heavy atom. The molecular formula is C32H32N2O6. The Morgan fingerprint density at radius 2 is 1.80 bits per heavy atom. The quantitative estimate of drug-likeness (QED) is 0.195. The summed E-state index contributed by atoms with van der Waals surface area (Å²) in [7, 11) is 1.94. The molecule has 1 fully saturated rings. The van der Waals surface area contributed by atoms with E-state index in [9.17, 15) is 19.5 Å². The molecular weight excluding hydrogens is 508 g/mol. The van der Waals surface area contributed by atoms with Crippen LogP contribution in [0.15, 0.2) is 72.3 Å².